The first-order chi connectivity index (χ1) is 8.13. The maximum atomic E-state index is 4.27. The number of hydrogen-bond acceptors (Lipinski definition) is 2. The van der Waals surface area contributed by atoms with Gasteiger partial charge in [-0.15, -0.1) is 10.2 Å². The lowest BCUT2D eigenvalue weighted by Gasteiger charge is -2.11. The van der Waals surface area contributed by atoms with Crippen LogP contribution in [0, 0.1) is 20.8 Å². The van der Waals surface area contributed by atoms with Crippen molar-refractivity contribution in [1.29, 1.82) is 0 Å². The van der Waals surface area contributed by atoms with Crippen LogP contribution < -0.4 is 0 Å². The van der Waals surface area contributed by atoms with Crippen molar-refractivity contribution in [3.05, 3.63) is 35.2 Å². The Balaban J connectivity index is 2.56. The van der Waals surface area contributed by atoms with Crippen LogP contribution in [0.15, 0.2) is 18.5 Å². The second kappa shape index (κ2) is 4.70. The topological polar surface area (TPSA) is 30.7 Å². The zero-order chi connectivity index (χ0) is 12.4. The molecule has 2 rings (SSSR count). The van der Waals surface area contributed by atoms with E-state index in [0.717, 1.165) is 18.8 Å². The first-order valence-corrected chi connectivity index (χ1v) is 6.09. The van der Waals surface area contributed by atoms with Crippen LogP contribution in [0.25, 0.3) is 11.4 Å². The first-order valence-electron chi connectivity index (χ1n) is 6.09. The van der Waals surface area contributed by atoms with Crippen molar-refractivity contribution < 1.29 is 0 Å². The fourth-order valence-electron chi connectivity index (χ4n) is 2.39. The van der Waals surface area contributed by atoms with Gasteiger partial charge in [0.1, 0.15) is 6.33 Å². The van der Waals surface area contributed by atoms with Crippen LogP contribution in [0.3, 0.4) is 0 Å². The molecule has 90 valence electrons. The van der Waals surface area contributed by atoms with E-state index in [1.807, 2.05) is 6.33 Å². The molecule has 0 amide bonds. The van der Waals surface area contributed by atoms with Gasteiger partial charge < -0.3 is 4.57 Å². The monoisotopic (exact) mass is 229 g/mol. The highest BCUT2D eigenvalue weighted by atomic mass is 15.3. The molecule has 0 spiro atoms. The van der Waals surface area contributed by atoms with Gasteiger partial charge in [-0.05, 0) is 38.3 Å². The average molecular weight is 229 g/mol. The third-order valence-corrected chi connectivity index (χ3v) is 2.98. The van der Waals surface area contributed by atoms with Crippen LogP contribution in [0.4, 0.5) is 0 Å². The molecule has 0 N–H and O–H groups in total. The highest BCUT2D eigenvalue weighted by Gasteiger charge is 2.12. The SMILES string of the molecule is CCCn1cnnc1-c1c(C)cc(C)cc1C. The minimum absolute atomic E-state index is 0.967. The van der Waals surface area contributed by atoms with E-state index in [0.29, 0.717) is 0 Å². The fraction of sp³-hybridized carbons (Fsp3) is 0.429. The van der Waals surface area contributed by atoms with E-state index in [1.54, 1.807) is 0 Å². The summed E-state index contributed by atoms with van der Waals surface area (Å²) in [6, 6.07) is 4.40. The summed E-state index contributed by atoms with van der Waals surface area (Å²) < 4.78 is 2.13. The lowest BCUT2D eigenvalue weighted by molar-refractivity contribution is 0.682. The van der Waals surface area contributed by atoms with Crippen molar-refractivity contribution in [1.82, 2.24) is 14.8 Å². The van der Waals surface area contributed by atoms with Gasteiger partial charge in [0.15, 0.2) is 5.82 Å². The Labute approximate surface area is 103 Å². The Kier molecular flexibility index (Phi) is 3.27. The molecule has 0 aliphatic carbocycles. The van der Waals surface area contributed by atoms with Gasteiger partial charge in [0, 0.05) is 12.1 Å². The quantitative estimate of drug-likeness (QED) is 0.808. The molecule has 0 aliphatic rings. The van der Waals surface area contributed by atoms with Crippen LogP contribution in [0.5, 0.6) is 0 Å². The number of benzene rings is 1. The number of hydrogen-bond donors (Lipinski definition) is 0. The van der Waals surface area contributed by atoms with Gasteiger partial charge in [-0.3, -0.25) is 0 Å². The molecule has 0 saturated heterocycles. The molecule has 17 heavy (non-hydrogen) atoms. The second-order valence-electron chi connectivity index (χ2n) is 4.62. The van der Waals surface area contributed by atoms with Gasteiger partial charge in [0.05, 0.1) is 0 Å². The zero-order valence-corrected chi connectivity index (χ0v) is 11.0. The summed E-state index contributed by atoms with van der Waals surface area (Å²) in [7, 11) is 0. The van der Waals surface area contributed by atoms with E-state index in [4.69, 9.17) is 0 Å². The summed E-state index contributed by atoms with van der Waals surface area (Å²) in [5.41, 5.74) is 5.06. The molecule has 1 aromatic carbocycles. The number of aromatic nitrogens is 3. The smallest absolute Gasteiger partial charge is 0.164 e. The summed E-state index contributed by atoms with van der Waals surface area (Å²) in [6.45, 7) is 9.54. The van der Waals surface area contributed by atoms with Crippen molar-refractivity contribution in [3.8, 4) is 11.4 Å². The van der Waals surface area contributed by atoms with Gasteiger partial charge in [-0.1, -0.05) is 24.6 Å². The number of aryl methyl sites for hydroxylation is 4. The Bertz CT molecular complexity index is 503. The molecule has 0 bridgehead atoms. The molecule has 0 saturated carbocycles. The van der Waals surface area contributed by atoms with Gasteiger partial charge in [0.25, 0.3) is 0 Å². The molecule has 1 heterocycles. The Morgan fingerprint density at radius 1 is 1.12 bits per heavy atom. The van der Waals surface area contributed by atoms with Crippen molar-refractivity contribution >= 4 is 0 Å². The number of rotatable bonds is 3. The highest BCUT2D eigenvalue weighted by Crippen LogP contribution is 2.26. The lowest BCUT2D eigenvalue weighted by atomic mass is 9.99. The average Bonchev–Trinajstić information content (AvgIpc) is 2.65. The minimum Gasteiger partial charge on any atom is -0.314 e. The van der Waals surface area contributed by atoms with Crippen molar-refractivity contribution in [2.75, 3.05) is 0 Å². The molecule has 0 fully saturated rings. The Hall–Kier alpha value is -1.64. The lowest BCUT2D eigenvalue weighted by Crippen LogP contribution is -2.01. The predicted octanol–water partition coefficient (Wildman–Crippen LogP) is 3.28. The van der Waals surface area contributed by atoms with E-state index in [9.17, 15) is 0 Å². The third-order valence-electron chi connectivity index (χ3n) is 2.98. The van der Waals surface area contributed by atoms with Gasteiger partial charge in [-0.25, -0.2) is 0 Å². The summed E-state index contributed by atoms with van der Waals surface area (Å²) in [4.78, 5) is 0. The second-order valence-corrected chi connectivity index (χ2v) is 4.62. The normalized spacial score (nSPS) is 10.8. The Morgan fingerprint density at radius 2 is 1.76 bits per heavy atom. The fourth-order valence-corrected chi connectivity index (χ4v) is 2.39. The first kappa shape index (κ1) is 11.8. The van der Waals surface area contributed by atoms with Crippen molar-refractivity contribution in [2.45, 2.75) is 40.7 Å². The molecule has 3 heteroatoms. The van der Waals surface area contributed by atoms with Crippen LogP contribution in [0.2, 0.25) is 0 Å². The van der Waals surface area contributed by atoms with Crippen LogP contribution >= 0.6 is 0 Å². The van der Waals surface area contributed by atoms with E-state index >= 15 is 0 Å². The largest absolute Gasteiger partial charge is 0.314 e. The van der Waals surface area contributed by atoms with Crippen molar-refractivity contribution in [2.24, 2.45) is 0 Å². The van der Waals surface area contributed by atoms with Crippen LogP contribution in [-0.4, -0.2) is 14.8 Å². The van der Waals surface area contributed by atoms with Crippen LogP contribution in [0.1, 0.15) is 30.0 Å². The molecule has 0 radical (unpaired) electrons. The molecule has 1 aromatic heterocycles. The molecule has 0 atom stereocenters. The van der Waals surface area contributed by atoms with E-state index in [-0.39, 0.29) is 0 Å². The zero-order valence-electron chi connectivity index (χ0n) is 11.0. The van der Waals surface area contributed by atoms with Crippen molar-refractivity contribution in [3.63, 3.8) is 0 Å². The molecule has 2 aromatic rings. The van der Waals surface area contributed by atoms with Gasteiger partial charge >= 0.3 is 0 Å². The molecule has 3 nitrogen and oxygen atoms in total. The highest BCUT2D eigenvalue weighted by molar-refractivity contribution is 5.65. The van der Waals surface area contributed by atoms with E-state index < -0.39 is 0 Å². The summed E-state index contributed by atoms with van der Waals surface area (Å²) >= 11 is 0. The summed E-state index contributed by atoms with van der Waals surface area (Å²) in [5, 5.41) is 8.30. The minimum atomic E-state index is 0.967. The molecular formula is C14H19N3. The van der Waals surface area contributed by atoms with E-state index in [1.165, 1.54) is 22.3 Å². The summed E-state index contributed by atoms with van der Waals surface area (Å²) in [5.74, 6) is 0.988. The summed E-state index contributed by atoms with van der Waals surface area (Å²) in [6.07, 6.45) is 2.91. The Morgan fingerprint density at radius 3 is 2.35 bits per heavy atom. The molecular weight excluding hydrogens is 210 g/mol. The molecule has 0 aliphatic heterocycles. The third kappa shape index (κ3) is 2.23. The van der Waals surface area contributed by atoms with Gasteiger partial charge in [0.2, 0.25) is 0 Å². The predicted molar refractivity (Wildman–Crippen MR) is 70.0 cm³/mol. The number of nitrogens with zero attached hydrogens (tertiary/aromatic N) is 3. The van der Waals surface area contributed by atoms with E-state index in [2.05, 4.69) is 54.6 Å². The van der Waals surface area contributed by atoms with Crippen LogP contribution in [-0.2, 0) is 6.54 Å². The molecule has 0 unspecified atom stereocenters. The maximum absolute atomic E-state index is 4.27. The van der Waals surface area contributed by atoms with Gasteiger partial charge in [-0.2, -0.15) is 0 Å². The maximum Gasteiger partial charge on any atom is 0.164 e. The standard InChI is InChI=1S/C14H19N3/c1-5-6-17-9-15-16-14(17)13-11(3)7-10(2)8-12(13)4/h7-9H,5-6H2,1-4H3.